The van der Waals surface area contributed by atoms with Crippen molar-refractivity contribution in [2.75, 3.05) is 0 Å². The summed E-state index contributed by atoms with van der Waals surface area (Å²) in [5.74, 6) is 0. The Morgan fingerprint density at radius 2 is 1.62 bits per heavy atom. The van der Waals surface area contributed by atoms with Crippen LogP contribution >= 0.6 is 0 Å². The van der Waals surface area contributed by atoms with Crippen molar-refractivity contribution < 1.29 is 0 Å². The van der Waals surface area contributed by atoms with Crippen LogP contribution in [0.1, 0.15) is 31.9 Å². The Morgan fingerprint density at radius 1 is 0.952 bits per heavy atom. The molecule has 0 amide bonds. The lowest BCUT2D eigenvalue weighted by Crippen LogP contribution is -2.10. The number of para-hydroxylation sites is 1. The Labute approximate surface area is 125 Å². The molecule has 0 fully saturated rings. The van der Waals surface area contributed by atoms with E-state index in [1.54, 1.807) is 0 Å². The van der Waals surface area contributed by atoms with Crippen molar-refractivity contribution in [3.05, 3.63) is 59.7 Å². The molecule has 2 heteroatoms. The van der Waals surface area contributed by atoms with E-state index >= 15 is 0 Å². The fourth-order valence-electron chi connectivity index (χ4n) is 2.61. The summed E-state index contributed by atoms with van der Waals surface area (Å²) in [5.41, 5.74) is 5.10. The number of nitrogens with zero attached hydrogens (tertiary/aromatic N) is 1. The molecule has 2 aromatic carbocycles. The first-order valence-corrected chi connectivity index (χ1v) is 7.12. The largest absolute Gasteiger partial charge is 0.353 e. The smallest absolute Gasteiger partial charge is 0.102 e. The quantitative estimate of drug-likeness (QED) is 0.666. The first-order valence-electron chi connectivity index (χ1n) is 7.12. The van der Waals surface area contributed by atoms with E-state index in [2.05, 4.69) is 56.1 Å². The van der Waals surface area contributed by atoms with E-state index in [1.165, 1.54) is 5.56 Å². The van der Waals surface area contributed by atoms with Crippen LogP contribution in [-0.4, -0.2) is 4.98 Å². The van der Waals surface area contributed by atoms with E-state index in [9.17, 15) is 5.26 Å². The Hall–Kier alpha value is -2.53. The van der Waals surface area contributed by atoms with Gasteiger partial charge in [0.05, 0.1) is 11.3 Å². The first kappa shape index (κ1) is 13.5. The number of rotatable bonds is 1. The molecule has 0 bridgehead atoms. The Bertz CT molecular complexity index is 825. The second-order valence-corrected chi connectivity index (χ2v) is 6.36. The third kappa shape index (κ3) is 2.32. The molecule has 0 aliphatic heterocycles. The average molecular weight is 274 g/mol. The first-order chi connectivity index (χ1) is 10.0. The number of hydrogen-bond acceptors (Lipinski definition) is 1. The maximum atomic E-state index is 9.48. The third-order valence-corrected chi connectivity index (χ3v) is 3.86. The molecule has 0 saturated heterocycles. The number of nitriles is 1. The second-order valence-electron chi connectivity index (χ2n) is 6.36. The summed E-state index contributed by atoms with van der Waals surface area (Å²) in [4.78, 5) is 3.37. The van der Waals surface area contributed by atoms with Crippen molar-refractivity contribution in [2.24, 2.45) is 0 Å². The Balaban J connectivity index is 2.15. The minimum absolute atomic E-state index is 0.136. The lowest BCUT2D eigenvalue weighted by atomic mass is 9.86. The summed E-state index contributed by atoms with van der Waals surface area (Å²) >= 11 is 0. The minimum Gasteiger partial charge on any atom is -0.353 e. The van der Waals surface area contributed by atoms with Crippen LogP contribution in [0.25, 0.3) is 22.2 Å². The van der Waals surface area contributed by atoms with Gasteiger partial charge in [-0.15, -0.1) is 0 Å². The number of aromatic amines is 1. The van der Waals surface area contributed by atoms with E-state index < -0.39 is 0 Å². The van der Waals surface area contributed by atoms with Crippen LogP contribution in [0.5, 0.6) is 0 Å². The van der Waals surface area contributed by atoms with Gasteiger partial charge >= 0.3 is 0 Å². The zero-order valence-corrected chi connectivity index (χ0v) is 12.6. The maximum absolute atomic E-state index is 9.48. The standard InChI is InChI=1S/C19H18N2/c1-19(2,3)14-10-8-13(9-11-14)18-16(12-20)15-6-4-5-7-17(15)21-18/h4-11,21H,1-3H3. The van der Waals surface area contributed by atoms with Gasteiger partial charge in [-0.05, 0) is 22.6 Å². The van der Waals surface area contributed by atoms with Crippen LogP contribution in [-0.2, 0) is 5.41 Å². The fourth-order valence-corrected chi connectivity index (χ4v) is 2.61. The molecule has 104 valence electrons. The van der Waals surface area contributed by atoms with E-state index in [-0.39, 0.29) is 5.41 Å². The summed E-state index contributed by atoms with van der Waals surface area (Å²) in [6.07, 6.45) is 0. The number of H-pyrrole nitrogens is 1. The van der Waals surface area contributed by atoms with Crippen LogP contribution in [0, 0.1) is 11.3 Å². The molecule has 0 aliphatic rings. The molecule has 1 aromatic heterocycles. The molecule has 2 nitrogen and oxygen atoms in total. The minimum atomic E-state index is 0.136. The van der Waals surface area contributed by atoms with Crippen molar-refractivity contribution in [3.8, 4) is 17.3 Å². The predicted molar refractivity (Wildman–Crippen MR) is 87.1 cm³/mol. The van der Waals surface area contributed by atoms with Crippen molar-refractivity contribution in [1.82, 2.24) is 4.98 Å². The fraction of sp³-hybridized carbons (Fsp3) is 0.211. The molecular formula is C19H18N2. The molecule has 0 radical (unpaired) electrons. The van der Waals surface area contributed by atoms with E-state index in [0.29, 0.717) is 5.56 Å². The summed E-state index contributed by atoms with van der Waals surface area (Å²) in [6, 6.07) is 18.7. The lowest BCUT2D eigenvalue weighted by Gasteiger charge is -2.19. The van der Waals surface area contributed by atoms with Gasteiger partial charge in [0, 0.05) is 10.9 Å². The molecule has 0 spiro atoms. The van der Waals surface area contributed by atoms with Crippen molar-refractivity contribution >= 4 is 10.9 Å². The summed E-state index contributed by atoms with van der Waals surface area (Å²) in [6.45, 7) is 6.60. The Kier molecular flexibility index (Phi) is 3.07. The topological polar surface area (TPSA) is 39.6 Å². The molecule has 1 heterocycles. The van der Waals surface area contributed by atoms with Gasteiger partial charge in [0.15, 0.2) is 0 Å². The molecule has 1 N–H and O–H groups in total. The van der Waals surface area contributed by atoms with Crippen LogP contribution in [0.2, 0.25) is 0 Å². The number of nitrogens with one attached hydrogen (secondary N) is 1. The van der Waals surface area contributed by atoms with E-state index in [1.807, 2.05) is 24.3 Å². The van der Waals surface area contributed by atoms with Crippen LogP contribution in [0.15, 0.2) is 48.5 Å². The highest BCUT2D eigenvalue weighted by Gasteiger charge is 2.15. The lowest BCUT2D eigenvalue weighted by molar-refractivity contribution is 0.590. The van der Waals surface area contributed by atoms with Crippen molar-refractivity contribution in [3.63, 3.8) is 0 Å². The normalized spacial score (nSPS) is 11.5. The molecule has 21 heavy (non-hydrogen) atoms. The molecule has 0 unspecified atom stereocenters. The summed E-state index contributed by atoms with van der Waals surface area (Å²) in [5, 5.41) is 10.5. The van der Waals surface area contributed by atoms with Crippen LogP contribution < -0.4 is 0 Å². The third-order valence-electron chi connectivity index (χ3n) is 3.86. The van der Waals surface area contributed by atoms with Crippen LogP contribution in [0.4, 0.5) is 0 Å². The number of hydrogen-bond donors (Lipinski definition) is 1. The predicted octanol–water partition coefficient (Wildman–Crippen LogP) is 5.00. The van der Waals surface area contributed by atoms with Gasteiger partial charge in [0.25, 0.3) is 0 Å². The van der Waals surface area contributed by atoms with Gasteiger partial charge < -0.3 is 4.98 Å². The SMILES string of the molecule is CC(C)(C)c1ccc(-c2[nH]c3ccccc3c2C#N)cc1. The zero-order chi connectivity index (χ0) is 15.0. The molecule has 0 saturated carbocycles. The van der Waals surface area contributed by atoms with Gasteiger partial charge in [-0.3, -0.25) is 0 Å². The molecule has 0 atom stereocenters. The summed E-state index contributed by atoms with van der Waals surface area (Å²) < 4.78 is 0. The van der Waals surface area contributed by atoms with E-state index in [4.69, 9.17) is 0 Å². The van der Waals surface area contributed by atoms with E-state index in [0.717, 1.165) is 22.2 Å². The number of aromatic nitrogens is 1. The van der Waals surface area contributed by atoms with Gasteiger partial charge in [0.1, 0.15) is 6.07 Å². The van der Waals surface area contributed by atoms with Crippen molar-refractivity contribution in [2.45, 2.75) is 26.2 Å². The summed E-state index contributed by atoms with van der Waals surface area (Å²) in [7, 11) is 0. The number of benzene rings is 2. The zero-order valence-electron chi connectivity index (χ0n) is 12.6. The molecular weight excluding hydrogens is 256 g/mol. The highest BCUT2D eigenvalue weighted by molar-refractivity contribution is 5.93. The average Bonchev–Trinajstić information content (AvgIpc) is 2.85. The molecule has 3 aromatic rings. The van der Waals surface area contributed by atoms with Gasteiger partial charge in [-0.1, -0.05) is 63.2 Å². The number of fused-ring (bicyclic) bond motifs is 1. The molecule has 0 aliphatic carbocycles. The Morgan fingerprint density at radius 3 is 2.24 bits per heavy atom. The van der Waals surface area contributed by atoms with Gasteiger partial charge in [-0.25, -0.2) is 0 Å². The van der Waals surface area contributed by atoms with Crippen LogP contribution in [0.3, 0.4) is 0 Å². The van der Waals surface area contributed by atoms with Gasteiger partial charge in [-0.2, -0.15) is 5.26 Å². The van der Waals surface area contributed by atoms with Crippen molar-refractivity contribution in [1.29, 1.82) is 5.26 Å². The van der Waals surface area contributed by atoms with Gasteiger partial charge in [0.2, 0.25) is 0 Å². The monoisotopic (exact) mass is 274 g/mol. The maximum Gasteiger partial charge on any atom is 0.102 e. The molecule has 3 rings (SSSR count). The second kappa shape index (κ2) is 4.79. The highest BCUT2D eigenvalue weighted by atomic mass is 14.7. The highest BCUT2D eigenvalue weighted by Crippen LogP contribution is 2.31.